The Labute approximate surface area is 164 Å². The normalized spacial score (nSPS) is 18.9. The molecule has 0 aliphatic carbocycles. The van der Waals surface area contributed by atoms with Gasteiger partial charge in [0.05, 0.1) is 23.8 Å². The van der Waals surface area contributed by atoms with Crippen LogP contribution in [0.3, 0.4) is 0 Å². The third-order valence-electron chi connectivity index (χ3n) is 4.51. The summed E-state index contributed by atoms with van der Waals surface area (Å²) in [6, 6.07) is 9.51. The third-order valence-corrected chi connectivity index (χ3v) is 4.79. The predicted molar refractivity (Wildman–Crippen MR) is 97.0 cm³/mol. The monoisotopic (exact) mass is 412 g/mol. The highest BCUT2D eigenvalue weighted by Gasteiger charge is 2.41. The van der Waals surface area contributed by atoms with Crippen LogP contribution in [0.4, 0.5) is 18.9 Å². The Balaban J connectivity index is 1.79. The molecule has 5 nitrogen and oxygen atoms in total. The number of alkyl halides is 3. The van der Waals surface area contributed by atoms with E-state index in [1.165, 1.54) is 12.1 Å². The van der Waals surface area contributed by atoms with Crippen molar-refractivity contribution in [1.29, 1.82) is 0 Å². The van der Waals surface area contributed by atoms with Gasteiger partial charge in [0, 0.05) is 17.7 Å². The summed E-state index contributed by atoms with van der Waals surface area (Å²) >= 11 is 6.30. The summed E-state index contributed by atoms with van der Waals surface area (Å²) in [5.74, 6) is -0.00667. The fraction of sp³-hybridized carbons (Fsp3) is 0.316. The standard InChI is InChI=1S/C19H16ClF3N2O3/c20-13-8-11(9-15-16(13)28-7-3-6-27-15)17-24-14-5-2-1-4-12(14)18(26)25(17)10-19(21,22)23/h1-2,4-5,8-9,17,24H,3,6-7,10H2/t17-/m0/s1. The number of fused-ring (bicyclic) bond motifs is 2. The van der Waals surface area contributed by atoms with E-state index in [9.17, 15) is 18.0 Å². The Morgan fingerprint density at radius 3 is 2.71 bits per heavy atom. The van der Waals surface area contributed by atoms with E-state index in [1.807, 2.05) is 0 Å². The van der Waals surface area contributed by atoms with Crippen molar-refractivity contribution in [2.45, 2.75) is 18.8 Å². The van der Waals surface area contributed by atoms with E-state index in [1.54, 1.807) is 24.3 Å². The number of hydrogen-bond acceptors (Lipinski definition) is 4. The van der Waals surface area contributed by atoms with Crippen molar-refractivity contribution in [3.63, 3.8) is 0 Å². The van der Waals surface area contributed by atoms with Crippen LogP contribution in [0.25, 0.3) is 0 Å². The summed E-state index contributed by atoms with van der Waals surface area (Å²) in [5, 5.41) is 3.23. The van der Waals surface area contributed by atoms with Gasteiger partial charge < -0.3 is 19.7 Å². The Morgan fingerprint density at radius 1 is 1.18 bits per heavy atom. The molecule has 0 fully saturated rings. The fourth-order valence-electron chi connectivity index (χ4n) is 3.32. The van der Waals surface area contributed by atoms with Crippen molar-refractivity contribution >= 4 is 23.2 Å². The molecule has 28 heavy (non-hydrogen) atoms. The first kappa shape index (κ1) is 18.7. The second-order valence-electron chi connectivity index (χ2n) is 6.52. The summed E-state index contributed by atoms with van der Waals surface area (Å²) in [7, 11) is 0. The molecule has 1 atom stereocenters. The van der Waals surface area contributed by atoms with Crippen LogP contribution >= 0.6 is 11.6 Å². The van der Waals surface area contributed by atoms with Crippen molar-refractivity contribution in [3.05, 3.63) is 52.5 Å². The number of hydrogen-bond donors (Lipinski definition) is 1. The summed E-state index contributed by atoms with van der Waals surface area (Å²) in [6.45, 7) is -0.567. The molecule has 0 bridgehead atoms. The van der Waals surface area contributed by atoms with Gasteiger partial charge in [0.25, 0.3) is 5.91 Å². The maximum Gasteiger partial charge on any atom is 0.406 e. The number of carbonyl (C=O) groups excluding carboxylic acids is 1. The lowest BCUT2D eigenvalue weighted by Gasteiger charge is -2.38. The minimum absolute atomic E-state index is 0.184. The van der Waals surface area contributed by atoms with E-state index in [-0.39, 0.29) is 10.6 Å². The average molecular weight is 413 g/mol. The Morgan fingerprint density at radius 2 is 1.93 bits per heavy atom. The molecule has 1 amide bonds. The quantitative estimate of drug-likeness (QED) is 0.781. The summed E-state index contributed by atoms with van der Waals surface area (Å²) in [5.41, 5.74) is 1.02. The van der Waals surface area contributed by atoms with Gasteiger partial charge in [-0.2, -0.15) is 13.2 Å². The first-order valence-corrected chi connectivity index (χ1v) is 9.03. The molecule has 9 heteroatoms. The van der Waals surface area contributed by atoms with Gasteiger partial charge in [0.1, 0.15) is 12.7 Å². The average Bonchev–Trinajstić information content (AvgIpc) is 2.89. The number of amides is 1. The van der Waals surface area contributed by atoms with Crippen molar-refractivity contribution in [1.82, 2.24) is 4.90 Å². The van der Waals surface area contributed by atoms with Gasteiger partial charge in [-0.05, 0) is 24.3 Å². The lowest BCUT2D eigenvalue weighted by atomic mass is 10.0. The molecule has 0 radical (unpaired) electrons. The Hall–Kier alpha value is -2.61. The predicted octanol–water partition coefficient (Wildman–Crippen LogP) is 4.63. The number of nitrogens with zero attached hydrogens (tertiary/aromatic N) is 1. The number of carbonyl (C=O) groups is 1. The van der Waals surface area contributed by atoms with Crippen LogP contribution in [-0.4, -0.2) is 36.7 Å². The molecule has 2 aliphatic rings. The summed E-state index contributed by atoms with van der Waals surface area (Å²) < 4.78 is 50.8. The van der Waals surface area contributed by atoms with Gasteiger partial charge >= 0.3 is 6.18 Å². The minimum Gasteiger partial charge on any atom is -0.489 e. The highest BCUT2D eigenvalue weighted by molar-refractivity contribution is 6.32. The van der Waals surface area contributed by atoms with Gasteiger partial charge in [0.2, 0.25) is 0 Å². The first-order valence-electron chi connectivity index (χ1n) is 8.66. The molecule has 2 aliphatic heterocycles. The molecule has 0 saturated carbocycles. The number of nitrogens with one attached hydrogen (secondary N) is 1. The van der Waals surface area contributed by atoms with E-state index in [0.29, 0.717) is 42.4 Å². The van der Waals surface area contributed by atoms with E-state index in [2.05, 4.69) is 5.32 Å². The van der Waals surface area contributed by atoms with Crippen LogP contribution in [0.5, 0.6) is 11.5 Å². The van der Waals surface area contributed by atoms with Crippen LogP contribution in [0.2, 0.25) is 5.02 Å². The zero-order valence-electron chi connectivity index (χ0n) is 14.6. The van der Waals surface area contributed by atoms with Gasteiger partial charge in [-0.25, -0.2) is 0 Å². The second kappa shape index (κ2) is 7.09. The maximum atomic E-state index is 13.2. The second-order valence-corrected chi connectivity index (χ2v) is 6.93. The van der Waals surface area contributed by atoms with Crippen LogP contribution in [0.15, 0.2) is 36.4 Å². The number of para-hydroxylation sites is 1. The van der Waals surface area contributed by atoms with E-state index >= 15 is 0 Å². The molecule has 2 aromatic carbocycles. The molecule has 0 saturated heterocycles. The van der Waals surface area contributed by atoms with E-state index < -0.39 is 24.8 Å². The molecule has 148 valence electrons. The number of rotatable bonds is 2. The fourth-order valence-corrected chi connectivity index (χ4v) is 3.59. The molecule has 2 aromatic rings. The number of benzene rings is 2. The molecule has 0 spiro atoms. The van der Waals surface area contributed by atoms with E-state index in [0.717, 1.165) is 4.90 Å². The Bertz CT molecular complexity index is 920. The molecule has 4 rings (SSSR count). The smallest absolute Gasteiger partial charge is 0.406 e. The molecule has 0 unspecified atom stereocenters. The largest absolute Gasteiger partial charge is 0.489 e. The highest BCUT2D eigenvalue weighted by atomic mass is 35.5. The lowest BCUT2D eigenvalue weighted by Crippen LogP contribution is -2.47. The summed E-state index contributed by atoms with van der Waals surface area (Å²) in [4.78, 5) is 13.6. The van der Waals surface area contributed by atoms with Gasteiger partial charge in [-0.15, -0.1) is 0 Å². The molecular weight excluding hydrogens is 397 g/mol. The van der Waals surface area contributed by atoms with Crippen LogP contribution < -0.4 is 14.8 Å². The van der Waals surface area contributed by atoms with Gasteiger partial charge in [0.15, 0.2) is 11.5 Å². The Kier molecular flexibility index (Phi) is 4.74. The SMILES string of the molecule is O=C1c2ccccc2N[C@H](c2cc(Cl)c3c(c2)OCCCO3)N1CC(F)(F)F. The number of halogens is 4. The number of ether oxygens (including phenoxy) is 2. The number of anilines is 1. The van der Waals surface area contributed by atoms with E-state index in [4.69, 9.17) is 21.1 Å². The lowest BCUT2D eigenvalue weighted by molar-refractivity contribution is -0.144. The third kappa shape index (κ3) is 3.56. The summed E-state index contributed by atoms with van der Waals surface area (Å²) in [6.07, 6.45) is -4.95. The molecule has 2 heterocycles. The van der Waals surface area contributed by atoms with Crippen LogP contribution in [0.1, 0.15) is 28.5 Å². The van der Waals surface area contributed by atoms with Crippen molar-refractivity contribution in [2.24, 2.45) is 0 Å². The minimum atomic E-state index is -4.56. The maximum absolute atomic E-state index is 13.2. The van der Waals surface area contributed by atoms with Crippen molar-refractivity contribution < 1.29 is 27.4 Å². The molecular formula is C19H16ClF3N2O3. The molecule has 1 N–H and O–H groups in total. The first-order chi connectivity index (χ1) is 13.3. The topological polar surface area (TPSA) is 50.8 Å². The highest BCUT2D eigenvalue weighted by Crippen LogP contribution is 2.42. The van der Waals surface area contributed by atoms with Crippen molar-refractivity contribution in [2.75, 3.05) is 25.1 Å². The molecule has 0 aromatic heterocycles. The van der Waals surface area contributed by atoms with Crippen LogP contribution in [-0.2, 0) is 0 Å². The van der Waals surface area contributed by atoms with Crippen LogP contribution in [0, 0.1) is 0 Å². The van der Waals surface area contributed by atoms with Crippen molar-refractivity contribution in [3.8, 4) is 11.5 Å². The zero-order valence-corrected chi connectivity index (χ0v) is 15.3. The van der Waals surface area contributed by atoms with Gasteiger partial charge in [-0.1, -0.05) is 23.7 Å². The zero-order chi connectivity index (χ0) is 19.9. The van der Waals surface area contributed by atoms with Gasteiger partial charge in [-0.3, -0.25) is 4.79 Å².